The molecule has 0 atom stereocenters. The number of ether oxygens (including phenoxy) is 4. The monoisotopic (exact) mass is 674 g/mol. The van der Waals surface area contributed by atoms with Gasteiger partial charge in [0.05, 0.1) is 28.4 Å². The molecular weight excluding hydrogens is 624 g/mol. The fraction of sp³-hybridized carbons (Fsp3) is 0.190. The van der Waals surface area contributed by atoms with E-state index in [2.05, 4.69) is 81.9 Å². The van der Waals surface area contributed by atoms with Crippen LogP contribution in [0.25, 0.3) is 21.9 Å². The number of benzene rings is 6. The normalized spacial score (nSPS) is 9.60. The smallest absolute Gasteiger partial charge is 0.120 e. The Bertz CT molecular complexity index is 1700. The van der Waals surface area contributed by atoms with Gasteiger partial charge in [0.15, 0.2) is 0 Å². The van der Waals surface area contributed by atoms with Crippen LogP contribution in [0.3, 0.4) is 0 Å². The first-order valence-electron chi connectivity index (χ1n) is 16.2. The van der Waals surface area contributed by atoms with Crippen LogP contribution in [-0.2, 0) is 0 Å². The van der Waals surface area contributed by atoms with Gasteiger partial charge in [0.25, 0.3) is 0 Å². The Balaban J connectivity index is 0.000000184. The van der Waals surface area contributed by atoms with Crippen molar-refractivity contribution >= 4 is 33.5 Å². The van der Waals surface area contributed by atoms with Gasteiger partial charge in [-0.3, -0.25) is 0 Å². The summed E-state index contributed by atoms with van der Waals surface area (Å²) < 4.78 is 20.3. The molecule has 0 aromatic heterocycles. The molecule has 0 unspecified atom stereocenters. The summed E-state index contributed by atoms with van der Waals surface area (Å²) in [6.07, 6.45) is 0. The van der Waals surface area contributed by atoms with E-state index in [1.807, 2.05) is 101 Å². The fourth-order valence-corrected chi connectivity index (χ4v) is 4.66. The van der Waals surface area contributed by atoms with Crippen molar-refractivity contribution in [2.45, 2.75) is 0 Å². The molecule has 0 radical (unpaired) electrons. The first-order chi connectivity index (χ1) is 24.4. The van der Waals surface area contributed by atoms with Crippen LogP contribution in [0.5, 0.6) is 23.0 Å². The molecule has 6 aromatic rings. The van der Waals surface area contributed by atoms with E-state index in [4.69, 9.17) is 18.9 Å². The molecule has 0 aliphatic rings. The third kappa shape index (κ3) is 12.2. The van der Waals surface area contributed by atoms with Crippen LogP contribution in [0.4, 0.5) is 22.7 Å². The third-order valence-corrected chi connectivity index (χ3v) is 7.67. The molecule has 0 spiro atoms. The van der Waals surface area contributed by atoms with E-state index >= 15 is 0 Å². The summed E-state index contributed by atoms with van der Waals surface area (Å²) in [5, 5.41) is 14.7. The van der Waals surface area contributed by atoms with Gasteiger partial charge in [0.1, 0.15) is 23.0 Å². The number of nitrogens with one attached hydrogen (secondary N) is 4. The lowest BCUT2D eigenvalue weighted by Gasteiger charge is -2.05. The van der Waals surface area contributed by atoms with Crippen LogP contribution in [0, 0.1) is 0 Å². The summed E-state index contributed by atoms with van der Waals surface area (Å²) in [7, 11) is 14.3. The minimum atomic E-state index is 0.881. The highest BCUT2D eigenvalue weighted by Gasteiger charge is 1.99. The Labute approximate surface area is 297 Å². The first-order valence-corrected chi connectivity index (χ1v) is 16.2. The van der Waals surface area contributed by atoms with Gasteiger partial charge >= 0.3 is 0 Å². The molecule has 6 aromatic carbocycles. The quantitative estimate of drug-likeness (QED) is 0.121. The molecule has 0 saturated heterocycles. The standard InChI is InChI=1S/C14H15NO.C12H13NO.2C8H11NO/c1-15-13-7-3-11(4-8-13)12-5-9-14(16-2)10-6-12;1-13-11-5-3-10-8-12(14-2)6-4-9(10)7-11;1-9-7-3-5-8(10-2)6-4-7;1-9-7-4-3-5-8(6-7)10-2/h3-10,15H,1-2H3;3-8,13H,1-2H3;2*3-6,9H,1-2H3. The average molecular weight is 675 g/mol. The molecule has 0 saturated carbocycles. The van der Waals surface area contributed by atoms with Gasteiger partial charge in [-0.2, -0.15) is 0 Å². The van der Waals surface area contributed by atoms with E-state index in [1.54, 1.807) is 28.4 Å². The van der Waals surface area contributed by atoms with Crippen molar-refractivity contribution in [3.05, 3.63) is 133 Å². The number of rotatable bonds is 9. The van der Waals surface area contributed by atoms with E-state index < -0.39 is 0 Å². The molecule has 0 heterocycles. The summed E-state index contributed by atoms with van der Waals surface area (Å²) in [5.41, 5.74) is 6.82. The summed E-state index contributed by atoms with van der Waals surface area (Å²) in [4.78, 5) is 0. The van der Waals surface area contributed by atoms with Crippen LogP contribution >= 0.6 is 0 Å². The largest absolute Gasteiger partial charge is 0.497 e. The summed E-state index contributed by atoms with van der Waals surface area (Å²) in [5.74, 6) is 3.55. The maximum atomic E-state index is 5.16. The Morgan fingerprint density at radius 3 is 1.18 bits per heavy atom. The molecule has 0 fully saturated rings. The zero-order chi connectivity index (χ0) is 36.1. The second-order valence-electron chi connectivity index (χ2n) is 10.7. The molecule has 0 aliphatic heterocycles. The summed E-state index contributed by atoms with van der Waals surface area (Å²) in [6, 6.07) is 44.3. The van der Waals surface area contributed by atoms with Crippen LogP contribution in [-0.4, -0.2) is 56.6 Å². The predicted octanol–water partition coefficient (Wildman–Crippen LogP) is 9.77. The van der Waals surface area contributed by atoms with Gasteiger partial charge in [-0.05, 0) is 107 Å². The van der Waals surface area contributed by atoms with Crippen molar-refractivity contribution in [3.63, 3.8) is 0 Å². The molecule has 0 bridgehead atoms. The van der Waals surface area contributed by atoms with Crippen LogP contribution in [0.15, 0.2) is 133 Å². The van der Waals surface area contributed by atoms with Crippen molar-refractivity contribution in [3.8, 4) is 34.1 Å². The first kappa shape index (κ1) is 38.4. The summed E-state index contributed by atoms with van der Waals surface area (Å²) in [6.45, 7) is 0. The van der Waals surface area contributed by atoms with Gasteiger partial charge in [-0.25, -0.2) is 0 Å². The molecular formula is C42H50N4O4. The highest BCUT2D eigenvalue weighted by molar-refractivity contribution is 5.86. The zero-order valence-corrected chi connectivity index (χ0v) is 30.3. The van der Waals surface area contributed by atoms with Crippen LogP contribution in [0.1, 0.15) is 0 Å². The molecule has 0 aliphatic carbocycles. The van der Waals surface area contributed by atoms with Crippen molar-refractivity contribution in [2.24, 2.45) is 0 Å². The molecule has 6 rings (SSSR count). The Kier molecular flexibility index (Phi) is 16.2. The number of fused-ring (bicyclic) bond motifs is 1. The van der Waals surface area contributed by atoms with Gasteiger partial charge < -0.3 is 40.2 Å². The number of anilines is 4. The van der Waals surface area contributed by atoms with Crippen molar-refractivity contribution in [1.82, 2.24) is 0 Å². The van der Waals surface area contributed by atoms with Gasteiger partial charge in [0.2, 0.25) is 0 Å². The lowest BCUT2D eigenvalue weighted by molar-refractivity contribution is 0.415. The van der Waals surface area contributed by atoms with E-state index in [9.17, 15) is 0 Å². The second kappa shape index (κ2) is 21.1. The van der Waals surface area contributed by atoms with E-state index in [-0.39, 0.29) is 0 Å². The van der Waals surface area contributed by atoms with E-state index in [1.165, 1.54) is 21.9 Å². The predicted molar refractivity (Wildman–Crippen MR) is 213 cm³/mol. The minimum Gasteiger partial charge on any atom is -0.497 e. The van der Waals surface area contributed by atoms with Gasteiger partial charge in [-0.15, -0.1) is 0 Å². The lowest BCUT2D eigenvalue weighted by Crippen LogP contribution is -1.88. The number of hydrogen-bond donors (Lipinski definition) is 4. The van der Waals surface area contributed by atoms with E-state index in [0.717, 1.165) is 45.7 Å². The van der Waals surface area contributed by atoms with Crippen molar-refractivity contribution < 1.29 is 18.9 Å². The maximum absolute atomic E-state index is 5.16. The number of methoxy groups -OCH3 is 4. The summed E-state index contributed by atoms with van der Waals surface area (Å²) >= 11 is 0. The maximum Gasteiger partial charge on any atom is 0.120 e. The molecule has 262 valence electrons. The van der Waals surface area contributed by atoms with Crippen molar-refractivity contribution in [2.75, 3.05) is 77.9 Å². The Morgan fingerprint density at radius 1 is 0.320 bits per heavy atom. The second-order valence-corrected chi connectivity index (χ2v) is 10.7. The van der Waals surface area contributed by atoms with Gasteiger partial charge in [0, 0.05) is 57.0 Å². The lowest BCUT2D eigenvalue weighted by atomic mass is 10.1. The number of hydrogen-bond acceptors (Lipinski definition) is 8. The van der Waals surface area contributed by atoms with Crippen LogP contribution in [0.2, 0.25) is 0 Å². The van der Waals surface area contributed by atoms with Crippen molar-refractivity contribution in [1.29, 1.82) is 0 Å². The van der Waals surface area contributed by atoms with E-state index in [0.29, 0.717) is 0 Å². The SMILES string of the molecule is CNc1ccc(-c2ccc(OC)cc2)cc1.CNc1ccc(OC)cc1.CNc1ccc2cc(OC)ccc2c1.CNc1cccc(OC)c1. The molecule has 50 heavy (non-hydrogen) atoms. The molecule has 8 heteroatoms. The third-order valence-electron chi connectivity index (χ3n) is 7.67. The zero-order valence-electron chi connectivity index (χ0n) is 30.3. The Morgan fingerprint density at radius 2 is 0.680 bits per heavy atom. The topological polar surface area (TPSA) is 85.0 Å². The fourth-order valence-electron chi connectivity index (χ4n) is 4.66. The highest BCUT2D eigenvalue weighted by Crippen LogP contribution is 2.25. The highest BCUT2D eigenvalue weighted by atomic mass is 16.5. The molecule has 8 nitrogen and oxygen atoms in total. The van der Waals surface area contributed by atoms with Crippen LogP contribution < -0.4 is 40.2 Å². The molecule has 0 amide bonds. The van der Waals surface area contributed by atoms with Gasteiger partial charge in [-0.1, -0.05) is 42.5 Å². The molecule has 4 N–H and O–H groups in total. The minimum absolute atomic E-state index is 0.881. The Hall–Kier alpha value is -6.02. The average Bonchev–Trinajstić information content (AvgIpc) is 3.21.